The van der Waals surface area contributed by atoms with Crippen LogP contribution in [0.2, 0.25) is 0 Å². The number of likely N-dealkylation sites (tertiary alicyclic amines) is 1. The fraction of sp³-hybridized carbons (Fsp3) is 0.367. The van der Waals surface area contributed by atoms with Crippen LogP contribution in [-0.4, -0.2) is 35.0 Å². The maximum atomic E-state index is 13.1. The molecule has 0 spiro atoms. The number of benzene rings is 3. The van der Waals surface area contributed by atoms with Gasteiger partial charge in [0.1, 0.15) is 0 Å². The van der Waals surface area contributed by atoms with E-state index in [1.807, 2.05) is 28.8 Å². The highest BCUT2D eigenvalue weighted by Gasteiger charge is 2.19. The molecule has 0 N–H and O–H groups in total. The maximum absolute atomic E-state index is 13.1. The predicted molar refractivity (Wildman–Crippen MR) is 145 cm³/mol. The number of carbonyl (C=O) groups is 1. The summed E-state index contributed by atoms with van der Waals surface area (Å²) in [4.78, 5) is 15.8. The lowest BCUT2D eigenvalue weighted by Crippen LogP contribution is -2.35. The molecular formula is C30H35ClN2O. The Bertz CT molecular complexity index is 1160. The summed E-state index contributed by atoms with van der Waals surface area (Å²) in [6.07, 6.45) is 7.71. The third kappa shape index (κ3) is 5.54. The Kier molecular flexibility index (Phi) is 8.42. The molecule has 3 nitrogen and oxygen atoms in total. The molecule has 2 heterocycles. The first-order valence-electron chi connectivity index (χ1n) is 12.6. The molecule has 0 unspecified atom stereocenters. The minimum atomic E-state index is 0. The van der Waals surface area contributed by atoms with E-state index in [0.717, 1.165) is 40.6 Å². The van der Waals surface area contributed by atoms with Crippen molar-refractivity contribution in [2.75, 3.05) is 19.6 Å². The zero-order valence-electron chi connectivity index (χ0n) is 19.9. The van der Waals surface area contributed by atoms with Crippen molar-refractivity contribution in [3.8, 4) is 0 Å². The molecule has 0 aliphatic carbocycles. The Balaban J connectivity index is 0.00000274. The third-order valence-electron chi connectivity index (χ3n) is 7.27. The van der Waals surface area contributed by atoms with Crippen molar-refractivity contribution in [3.63, 3.8) is 0 Å². The number of carbonyl (C=O) groups excluding carboxylic acids is 1. The van der Waals surface area contributed by atoms with Gasteiger partial charge in [0.15, 0.2) is 0 Å². The fourth-order valence-corrected chi connectivity index (χ4v) is 5.45. The maximum Gasteiger partial charge on any atom is 0.231 e. The summed E-state index contributed by atoms with van der Waals surface area (Å²) in [7, 11) is 0. The monoisotopic (exact) mass is 474 g/mol. The SMILES string of the molecule is Cl.O=C(CCCCCN1CCC(Cc2ccccc2)CC1)n1c2ccccc2c2ccccc21. The fourth-order valence-electron chi connectivity index (χ4n) is 5.45. The number of halogens is 1. The van der Waals surface area contributed by atoms with Crippen molar-refractivity contribution < 1.29 is 4.79 Å². The molecule has 1 aliphatic heterocycles. The first-order chi connectivity index (χ1) is 16.3. The molecule has 3 aromatic carbocycles. The number of fused-ring (bicyclic) bond motifs is 3. The standard InChI is InChI=1S/C30H34N2O.ClH/c33-30(32-28-15-8-6-13-26(28)27-14-7-9-16-29(27)32)17-5-2-10-20-31-21-18-25(19-22-31)23-24-11-3-1-4-12-24;/h1,3-4,6-9,11-16,25H,2,5,10,17-23H2;1H. The van der Waals surface area contributed by atoms with Gasteiger partial charge in [0.05, 0.1) is 11.0 Å². The Labute approximate surface area is 209 Å². The van der Waals surface area contributed by atoms with E-state index in [1.54, 1.807) is 0 Å². The van der Waals surface area contributed by atoms with Crippen molar-refractivity contribution in [1.29, 1.82) is 0 Å². The van der Waals surface area contributed by atoms with Crippen LogP contribution in [0.25, 0.3) is 21.8 Å². The molecule has 0 radical (unpaired) electrons. The van der Waals surface area contributed by atoms with Crippen LogP contribution in [0.15, 0.2) is 78.9 Å². The van der Waals surface area contributed by atoms with Crippen molar-refractivity contribution in [3.05, 3.63) is 84.4 Å². The Hall–Kier alpha value is -2.62. The minimum absolute atomic E-state index is 0. The summed E-state index contributed by atoms with van der Waals surface area (Å²) in [6.45, 7) is 3.61. The molecule has 0 amide bonds. The van der Waals surface area contributed by atoms with Crippen LogP contribution in [0, 0.1) is 5.92 Å². The molecule has 4 aromatic rings. The average Bonchev–Trinajstić information content (AvgIpc) is 3.20. The smallest absolute Gasteiger partial charge is 0.231 e. The summed E-state index contributed by atoms with van der Waals surface area (Å²) in [5, 5.41) is 2.33. The van der Waals surface area contributed by atoms with Crippen molar-refractivity contribution in [1.82, 2.24) is 9.47 Å². The molecule has 4 heteroatoms. The molecular weight excluding hydrogens is 440 g/mol. The van der Waals surface area contributed by atoms with Crippen LogP contribution in [-0.2, 0) is 6.42 Å². The van der Waals surface area contributed by atoms with Gasteiger partial charge in [-0.05, 0) is 75.4 Å². The highest BCUT2D eigenvalue weighted by molar-refractivity contribution is 6.13. The second-order valence-corrected chi connectivity index (χ2v) is 9.55. The Morgan fingerprint density at radius 2 is 1.32 bits per heavy atom. The number of rotatable bonds is 8. The molecule has 34 heavy (non-hydrogen) atoms. The number of para-hydroxylation sites is 2. The van der Waals surface area contributed by atoms with E-state index in [-0.39, 0.29) is 18.3 Å². The van der Waals surface area contributed by atoms with Crippen LogP contribution in [0.4, 0.5) is 0 Å². The van der Waals surface area contributed by atoms with Gasteiger partial charge in [0.25, 0.3) is 0 Å². The quantitative estimate of drug-likeness (QED) is 0.249. The summed E-state index contributed by atoms with van der Waals surface area (Å²) in [5.41, 5.74) is 3.54. The normalized spacial score (nSPS) is 14.9. The second kappa shape index (κ2) is 11.7. The van der Waals surface area contributed by atoms with E-state index in [4.69, 9.17) is 0 Å². The minimum Gasteiger partial charge on any atom is -0.303 e. The van der Waals surface area contributed by atoms with E-state index in [1.165, 1.54) is 50.9 Å². The van der Waals surface area contributed by atoms with Gasteiger partial charge in [-0.3, -0.25) is 9.36 Å². The molecule has 178 valence electrons. The molecule has 0 bridgehead atoms. The number of hydrogen-bond donors (Lipinski definition) is 0. The average molecular weight is 475 g/mol. The second-order valence-electron chi connectivity index (χ2n) is 9.55. The lowest BCUT2D eigenvalue weighted by atomic mass is 9.90. The highest BCUT2D eigenvalue weighted by atomic mass is 35.5. The van der Waals surface area contributed by atoms with Gasteiger partial charge in [0.2, 0.25) is 5.91 Å². The third-order valence-corrected chi connectivity index (χ3v) is 7.27. The topological polar surface area (TPSA) is 25.2 Å². The summed E-state index contributed by atoms with van der Waals surface area (Å²) in [6, 6.07) is 27.4. The molecule has 5 rings (SSSR count). The largest absolute Gasteiger partial charge is 0.303 e. The van der Waals surface area contributed by atoms with Crippen molar-refractivity contribution >= 4 is 40.1 Å². The van der Waals surface area contributed by atoms with Crippen molar-refractivity contribution in [2.45, 2.75) is 44.9 Å². The first-order valence-corrected chi connectivity index (χ1v) is 12.6. The van der Waals surface area contributed by atoms with Gasteiger partial charge in [-0.2, -0.15) is 0 Å². The lowest BCUT2D eigenvalue weighted by molar-refractivity contribution is 0.0908. The molecule has 1 aromatic heterocycles. The van der Waals surface area contributed by atoms with Crippen LogP contribution in [0.1, 0.15) is 48.9 Å². The van der Waals surface area contributed by atoms with Gasteiger partial charge < -0.3 is 4.90 Å². The molecule has 0 saturated carbocycles. The molecule has 1 fully saturated rings. The molecule has 1 saturated heterocycles. The molecule has 1 aliphatic rings. The van der Waals surface area contributed by atoms with E-state index in [0.29, 0.717) is 6.42 Å². The number of hydrogen-bond acceptors (Lipinski definition) is 2. The van der Waals surface area contributed by atoms with E-state index >= 15 is 0 Å². The van der Waals surface area contributed by atoms with E-state index < -0.39 is 0 Å². The number of piperidine rings is 1. The van der Waals surface area contributed by atoms with Gasteiger partial charge in [0, 0.05) is 17.2 Å². The lowest BCUT2D eigenvalue weighted by Gasteiger charge is -2.32. The Morgan fingerprint density at radius 1 is 0.735 bits per heavy atom. The van der Waals surface area contributed by atoms with Crippen LogP contribution < -0.4 is 0 Å². The Morgan fingerprint density at radius 3 is 1.97 bits per heavy atom. The number of unbranched alkanes of at least 4 members (excludes halogenated alkanes) is 2. The van der Waals surface area contributed by atoms with Crippen LogP contribution in [0.5, 0.6) is 0 Å². The zero-order chi connectivity index (χ0) is 22.5. The van der Waals surface area contributed by atoms with Gasteiger partial charge in [-0.15, -0.1) is 12.4 Å². The summed E-state index contributed by atoms with van der Waals surface area (Å²) >= 11 is 0. The van der Waals surface area contributed by atoms with E-state index in [9.17, 15) is 4.79 Å². The summed E-state index contributed by atoms with van der Waals surface area (Å²) in [5.74, 6) is 1.04. The zero-order valence-corrected chi connectivity index (χ0v) is 20.7. The first kappa shape index (κ1) is 24.5. The summed E-state index contributed by atoms with van der Waals surface area (Å²) < 4.78 is 1.93. The highest BCUT2D eigenvalue weighted by Crippen LogP contribution is 2.29. The van der Waals surface area contributed by atoms with Crippen LogP contribution in [0.3, 0.4) is 0 Å². The van der Waals surface area contributed by atoms with E-state index in [2.05, 4.69) is 59.5 Å². The number of nitrogens with zero attached hydrogens (tertiary/aromatic N) is 2. The van der Waals surface area contributed by atoms with Gasteiger partial charge in [-0.25, -0.2) is 0 Å². The molecule has 0 atom stereocenters. The van der Waals surface area contributed by atoms with Gasteiger partial charge in [-0.1, -0.05) is 73.2 Å². The number of aromatic nitrogens is 1. The van der Waals surface area contributed by atoms with Gasteiger partial charge >= 0.3 is 0 Å². The van der Waals surface area contributed by atoms with Crippen LogP contribution >= 0.6 is 12.4 Å². The predicted octanol–water partition coefficient (Wildman–Crippen LogP) is 7.37. The van der Waals surface area contributed by atoms with Crippen molar-refractivity contribution in [2.24, 2.45) is 5.92 Å².